The minimum Gasteiger partial charge on any atom is -0.381 e. The maximum Gasteiger partial charge on any atom is 0.250 e. The van der Waals surface area contributed by atoms with E-state index in [2.05, 4.69) is 19.9 Å². The molecule has 1 aliphatic heterocycles. The number of hydrogen-bond donors (Lipinski definition) is 2. The standard InChI is InChI=1S/C17H30N4O3S2.HI/c1-3-18-17(21(2)11-6-15-7-12-24-13-8-15)19-9-10-20-26(22,23)16-5-4-14-25-16;/h4-5,14-15,20H,3,6-13H2,1-2H3,(H,18,19);1H. The third-order valence-electron chi connectivity index (χ3n) is 4.34. The Balaban J connectivity index is 0.00000364. The molecule has 10 heteroatoms. The molecule has 7 nitrogen and oxygen atoms in total. The lowest BCUT2D eigenvalue weighted by Crippen LogP contribution is -2.40. The highest BCUT2D eigenvalue weighted by Gasteiger charge is 2.16. The lowest BCUT2D eigenvalue weighted by atomic mass is 9.96. The Morgan fingerprint density at radius 3 is 2.78 bits per heavy atom. The van der Waals surface area contributed by atoms with E-state index in [1.165, 1.54) is 11.3 Å². The summed E-state index contributed by atoms with van der Waals surface area (Å²) >= 11 is 1.21. The van der Waals surface area contributed by atoms with E-state index in [1.54, 1.807) is 17.5 Å². The van der Waals surface area contributed by atoms with Crippen LogP contribution in [-0.2, 0) is 14.8 Å². The molecule has 2 N–H and O–H groups in total. The molecule has 0 radical (unpaired) electrons. The van der Waals surface area contributed by atoms with Gasteiger partial charge in [0.1, 0.15) is 4.21 Å². The van der Waals surface area contributed by atoms with Crippen molar-refractivity contribution in [2.75, 3.05) is 46.4 Å². The van der Waals surface area contributed by atoms with Gasteiger partial charge < -0.3 is 15.0 Å². The summed E-state index contributed by atoms with van der Waals surface area (Å²) < 4.78 is 32.5. The Hall–Kier alpha value is -0.430. The van der Waals surface area contributed by atoms with Crippen LogP contribution in [0.3, 0.4) is 0 Å². The monoisotopic (exact) mass is 530 g/mol. The van der Waals surface area contributed by atoms with Gasteiger partial charge in [0.15, 0.2) is 5.96 Å². The third-order valence-corrected chi connectivity index (χ3v) is 7.19. The molecule has 0 bridgehead atoms. The SMILES string of the molecule is CCNC(=NCCNS(=O)(=O)c1cccs1)N(C)CCC1CCOCC1.I. The van der Waals surface area contributed by atoms with Crippen LogP contribution in [0.1, 0.15) is 26.2 Å². The first-order valence-corrected chi connectivity index (χ1v) is 11.5. The van der Waals surface area contributed by atoms with E-state index in [4.69, 9.17) is 4.74 Å². The van der Waals surface area contributed by atoms with Crippen molar-refractivity contribution in [2.45, 2.75) is 30.4 Å². The van der Waals surface area contributed by atoms with Crippen molar-refractivity contribution in [1.29, 1.82) is 0 Å². The largest absolute Gasteiger partial charge is 0.381 e. The van der Waals surface area contributed by atoms with Crippen molar-refractivity contribution in [2.24, 2.45) is 10.9 Å². The van der Waals surface area contributed by atoms with Crippen LogP contribution >= 0.6 is 35.3 Å². The third kappa shape index (κ3) is 8.63. The molecule has 156 valence electrons. The van der Waals surface area contributed by atoms with Crippen LogP contribution in [-0.4, -0.2) is 65.7 Å². The van der Waals surface area contributed by atoms with Crippen molar-refractivity contribution in [3.05, 3.63) is 17.5 Å². The second-order valence-electron chi connectivity index (χ2n) is 6.33. The molecule has 0 aromatic carbocycles. The summed E-state index contributed by atoms with van der Waals surface area (Å²) in [5, 5.41) is 5.02. The highest BCUT2D eigenvalue weighted by molar-refractivity contribution is 14.0. The molecule has 27 heavy (non-hydrogen) atoms. The molecular formula is C17H31IN4O3S2. The molecule has 2 heterocycles. The summed E-state index contributed by atoms with van der Waals surface area (Å²) in [4.78, 5) is 6.66. The van der Waals surface area contributed by atoms with E-state index in [-0.39, 0.29) is 30.5 Å². The van der Waals surface area contributed by atoms with Gasteiger partial charge in [0.05, 0.1) is 6.54 Å². The summed E-state index contributed by atoms with van der Waals surface area (Å²) in [6, 6.07) is 3.33. The first-order chi connectivity index (χ1) is 12.5. The van der Waals surface area contributed by atoms with E-state index < -0.39 is 10.0 Å². The first kappa shape index (κ1) is 24.6. The molecule has 0 amide bonds. The highest BCUT2D eigenvalue weighted by Crippen LogP contribution is 2.18. The van der Waals surface area contributed by atoms with E-state index >= 15 is 0 Å². The van der Waals surface area contributed by atoms with Crippen molar-refractivity contribution in [3.63, 3.8) is 0 Å². The fourth-order valence-corrected chi connectivity index (χ4v) is 4.87. The number of ether oxygens (including phenoxy) is 1. The molecule has 1 fully saturated rings. The lowest BCUT2D eigenvalue weighted by Gasteiger charge is -2.26. The second kappa shape index (κ2) is 12.9. The number of thiophene rings is 1. The van der Waals surface area contributed by atoms with Crippen LogP contribution in [0, 0.1) is 5.92 Å². The number of guanidine groups is 1. The van der Waals surface area contributed by atoms with Crippen molar-refractivity contribution < 1.29 is 13.2 Å². The normalized spacial score (nSPS) is 16.0. The Bertz CT molecular complexity index is 647. The van der Waals surface area contributed by atoms with E-state index in [1.807, 2.05) is 14.0 Å². The zero-order valence-corrected chi connectivity index (χ0v) is 20.0. The molecule has 1 saturated heterocycles. The Morgan fingerprint density at radius 2 is 2.15 bits per heavy atom. The molecule has 0 aliphatic carbocycles. The summed E-state index contributed by atoms with van der Waals surface area (Å²) in [7, 11) is -1.39. The molecular weight excluding hydrogens is 499 g/mol. The average molecular weight is 530 g/mol. The quantitative estimate of drug-likeness (QED) is 0.222. The Kier molecular flexibility index (Phi) is 11.8. The number of nitrogens with zero attached hydrogens (tertiary/aromatic N) is 2. The van der Waals surface area contributed by atoms with Gasteiger partial charge in [-0.25, -0.2) is 13.1 Å². The average Bonchev–Trinajstić information content (AvgIpc) is 3.19. The van der Waals surface area contributed by atoms with Gasteiger partial charge in [-0.1, -0.05) is 6.07 Å². The van der Waals surface area contributed by atoms with E-state index in [9.17, 15) is 8.42 Å². The number of aliphatic imine (C=N–C) groups is 1. The fourth-order valence-electron chi connectivity index (χ4n) is 2.82. The molecule has 1 aromatic heterocycles. The smallest absolute Gasteiger partial charge is 0.250 e. The van der Waals surface area contributed by atoms with E-state index in [0.29, 0.717) is 16.7 Å². The minimum atomic E-state index is -3.42. The number of sulfonamides is 1. The highest BCUT2D eigenvalue weighted by atomic mass is 127. The molecule has 2 rings (SSSR count). The molecule has 0 atom stereocenters. The van der Waals surface area contributed by atoms with Crippen LogP contribution < -0.4 is 10.0 Å². The molecule has 0 saturated carbocycles. The summed E-state index contributed by atoms with van der Waals surface area (Å²) in [5.41, 5.74) is 0. The first-order valence-electron chi connectivity index (χ1n) is 9.13. The van der Waals surface area contributed by atoms with Gasteiger partial charge in [-0.15, -0.1) is 35.3 Å². The summed E-state index contributed by atoms with van der Waals surface area (Å²) in [6.45, 7) is 6.15. The maximum atomic E-state index is 12.1. The maximum absolute atomic E-state index is 12.1. The van der Waals surface area contributed by atoms with E-state index in [0.717, 1.165) is 51.5 Å². The number of nitrogens with one attached hydrogen (secondary N) is 2. The van der Waals surface area contributed by atoms with Crippen LogP contribution in [0.4, 0.5) is 0 Å². The lowest BCUT2D eigenvalue weighted by molar-refractivity contribution is 0.0625. The Labute approximate surface area is 184 Å². The number of halogens is 1. The number of rotatable bonds is 9. The van der Waals surface area contributed by atoms with Gasteiger partial charge in [0.2, 0.25) is 10.0 Å². The summed E-state index contributed by atoms with van der Waals surface area (Å²) in [6.07, 6.45) is 3.38. The zero-order chi connectivity index (χ0) is 18.8. The zero-order valence-electron chi connectivity index (χ0n) is 16.0. The Morgan fingerprint density at radius 1 is 1.41 bits per heavy atom. The predicted octanol–water partition coefficient (Wildman–Crippen LogP) is 2.36. The molecule has 1 aliphatic rings. The van der Waals surface area contributed by atoms with Gasteiger partial charge >= 0.3 is 0 Å². The molecule has 0 spiro atoms. The van der Waals surface area contributed by atoms with Gasteiger partial charge in [-0.3, -0.25) is 4.99 Å². The van der Waals surface area contributed by atoms with Crippen molar-refractivity contribution in [3.8, 4) is 0 Å². The van der Waals surface area contributed by atoms with Gasteiger partial charge in [0, 0.05) is 39.9 Å². The van der Waals surface area contributed by atoms with Gasteiger partial charge in [0.25, 0.3) is 0 Å². The van der Waals surface area contributed by atoms with Gasteiger partial charge in [-0.2, -0.15) is 0 Å². The van der Waals surface area contributed by atoms with Crippen LogP contribution in [0.25, 0.3) is 0 Å². The second-order valence-corrected chi connectivity index (χ2v) is 9.27. The molecule has 0 unspecified atom stereocenters. The number of hydrogen-bond acceptors (Lipinski definition) is 5. The van der Waals surface area contributed by atoms with Crippen LogP contribution in [0.15, 0.2) is 26.7 Å². The van der Waals surface area contributed by atoms with Gasteiger partial charge in [-0.05, 0) is 43.6 Å². The van der Waals surface area contributed by atoms with Crippen LogP contribution in [0.5, 0.6) is 0 Å². The topological polar surface area (TPSA) is 83.0 Å². The van der Waals surface area contributed by atoms with Crippen LogP contribution in [0.2, 0.25) is 0 Å². The fraction of sp³-hybridized carbons (Fsp3) is 0.706. The summed E-state index contributed by atoms with van der Waals surface area (Å²) in [5.74, 6) is 1.53. The molecule has 1 aromatic rings. The minimum absolute atomic E-state index is 0. The van der Waals surface area contributed by atoms with Crippen molar-refractivity contribution in [1.82, 2.24) is 14.9 Å². The predicted molar refractivity (Wildman–Crippen MR) is 122 cm³/mol. The van der Waals surface area contributed by atoms with Crippen molar-refractivity contribution >= 4 is 51.3 Å².